The maximum absolute atomic E-state index is 6.29. The highest BCUT2D eigenvalue weighted by Gasteiger charge is 2.28. The molecular formula is C41H39N2OP+2. The fourth-order valence-electron chi connectivity index (χ4n) is 6.86. The van der Waals surface area contributed by atoms with Crippen LogP contribution in [0.3, 0.4) is 0 Å². The van der Waals surface area contributed by atoms with Crippen molar-refractivity contribution in [2.45, 2.75) is 38.9 Å². The molecule has 3 heterocycles. The molecule has 0 spiro atoms. The standard InChI is InChI=1S/C41H39N2OP/c1-29(44-27-23-33-14-6-8-16-35(33)40-34-15-7-4-12-31(34)20-24-42(40)3)28-30(2)45-39-22-26-43-25-21-32-13-5-9-17-36(32)41(43)38-19-11-10-18-37(38)39/h4-21,24-25,39,45H,22-23,26-27H2,1-3H3/q+2. The Kier molecular flexibility index (Phi) is 8.31. The third kappa shape index (κ3) is 5.95. The first kappa shape index (κ1) is 29.2. The molecular weight excluding hydrogens is 567 g/mol. The Balaban J connectivity index is 1.10. The lowest BCUT2D eigenvalue weighted by Gasteiger charge is -2.16. The van der Waals surface area contributed by atoms with Crippen molar-refractivity contribution in [2.24, 2.45) is 7.05 Å². The van der Waals surface area contributed by atoms with Gasteiger partial charge in [0.2, 0.25) is 11.4 Å². The largest absolute Gasteiger partial charge is 0.490 e. The third-order valence-electron chi connectivity index (χ3n) is 8.95. The quantitative estimate of drug-likeness (QED) is 0.0766. The van der Waals surface area contributed by atoms with Crippen molar-refractivity contribution in [3.8, 4) is 22.5 Å². The van der Waals surface area contributed by atoms with Gasteiger partial charge < -0.3 is 4.74 Å². The van der Waals surface area contributed by atoms with Gasteiger partial charge in [-0.1, -0.05) is 87.1 Å². The lowest BCUT2D eigenvalue weighted by Crippen LogP contribution is -2.35. The van der Waals surface area contributed by atoms with Crippen LogP contribution in [0.25, 0.3) is 44.1 Å². The van der Waals surface area contributed by atoms with E-state index in [1.165, 1.54) is 60.5 Å². The van der Waals surface area contributed by atoms with Crippen molar-refractivity contribution in [1.82, 2.24) is 0 Å². The molecule has 4 heteroatoms. The summed E-state index contributed by atoms with van der Waals surface area (Å²) in [5.74, 6) is 0.860. The van der Waals surface area contributed by atoms with E-state index in [1.807, 2.05) is 6.92 Å². The summed E-state index contributed by atoms with van der Waals surface area (Å²) in [5, 5.41) is 6.39. The summed E-state index contributed by atoms with van der Waals surface area (Å²) < 4.78 is 11.0. The predicted octanol–water partition coefficient (Wildman–Crippen LogP) is 9.23. The van der Waals surface area contributed by atoms with Gasteiger partial charge in [0.1, 0.15) is 19.4 Å². The summed E-state index contributed by atoms with van der Waals surface area (Å²) in [7, 11) is 2.78. The number of allylic oxidation sites excluding steroid dienone is 1. The van der Waals surface area contributed by atoms with Gasteiger partial charge in [-0.05, 0) is 58.4 Å². The van der Waals surface area contributed by atoms with E-state index in [1.54, 1.807) is 0 Å². The summed E-state index contributed by atoms with van der Waals surface area (Å²) in [6.07, 6.45) is 6.35. The van der Waals surface area contributed by atoms with E-state index in [9.17, 15) is 0 Å². The van der Waals surface area contributed by atoms with Crippen molar-refractivity contribution in [2.75, 3.05) is 6.61 Å². The first-order valence-electron chi connectivity index (χ1n) is 15.9. The van der Waals surface area contributed by atoms with Gasteiger partial charge in [-0.25, -0.2) is 4.57 Å². The summed E-state index contributed by atoms with van der Waals surface area (Å²) in [6, 6.07) is 39.5. The fraction of sp³-hybridized carbons (Fsp3) is 0.195. The molecule has 0 amide bonds. The van der Waals surface area contributed by atoms with Crippen LogP contribution < -0.4 is 9.13 Å². The van der Waals surface area contributed by atoms with Gasteiger partial charge in [0.15, 0.2) is 12.4 Å². The van der Waals surface area contributed by atoms with Gasteiger partial charge >= 0.3 is 0 Å². The Morgan fingerprint density at radius 3 is 2.20 bits per heavy atom. The molecule has 0 fully saturated rings. The molecule has 1 aliphatic rings. The maximum atomic E-state index is 6.29. The normalized spacial score (nSPS) is 14.2. The highest BCUT2D eigenvalue weighted by atomic mass is 31.1. The zero-order valence-electron chi connectivity index (χ0n) is 26.3. The topological polar surface area (TPSA) is 17.0 Å². The molecule has 0 N–H and O–H groups in total. The molecule has 6 aromatic rings. The smallest absolute Gasteiger partial charge is 0.220 e. The number of hydrogen-bond donors (Lipinski definition) is 0. The average Bonchev–Trinajstić information content (AvgIpc) is 3.22. The lowest BCUT2D eigenvalue weighted by molar-refractivity contribution is -0.684. The van der Waals surface area contributed by atoms with E-state index in [-0.39, 0.29) is 0 Å². The van der Waals surface area contributed by atoms with Gasteiger partial charge in [0.05, 0.1) is 28.5 Å². The fourth-order valence-corrected chi connectivity index (χ4v) is 8.32. The minimum atomic E-state index is 0.452. The van der Waals surface area contributed by atoms with Crippen LogP contribution in [-0.2, 0) is 24.8 Å². The minimum Gasteiger partial charge on any atom is -0.490 e. The van der Waals surface area contributed by atoms with Gasteiger partial charge in [-0.2, -0.15) is 4.57 Å². The average molecular weight is 607 g/mol. The molecule has 2 aromatic heterocycles. The molecule has 0 aliphatic carbocycles. The van der Waals surface area contributed by atoms with Crippen molar-refractivity contribution in [3.63, 3.8) is 0 Å². The second-order valence-electron chi connectivity index (χ2n) is 11.9. The van der Waals surface area contributed by atoms with Gasteiger partial charge in [-0.3, -0.25) is 0 Å². The number of rotatable bonds is 7. The highest BCUT2D eigenvalue weighted by Crippen LogP contribution is 2.47. The van der Waals surface area contributed by atoms with Crippen molar-refractivity contribution >= 4 is 30.1 Å². The molecule has 2 unspecified atom stereocenters. The van der Waals surface area contributed by atoms with E-state index < -0.39 is 0 Å². The van der Waals surface area contributed by atoms with Crippen LogP contribution in [0, 0.1) is 0 Å². The third-order valence-corrected chi connectivity index (χ3v) is 10.5. The van der Waals surface area contributed by atoms with Gasteiger partial charge in [0.25, 0.3) is 0 Å². The van der Waals surface area contributed by atoms with Crippen molar-refractivity contribution in [3.05, 3.63) is 150 Å². The van der Waals surface area contributed by atoms with E-state index >= 15 is 0 Å². The summed E-state index contributed by atoms with van der Waals surface area (Å²) in [5.41, 5.74) is 12.0. The molecule has 4 aromatic carbocycles. The zero-order chi connectivity index (χ0) is 30.8. The highest BCUT2D eigenvalue weighted by molar-refractivity contribution is 7.43. The number of nitrogens with zero attached hydrogens (tertiary/aromatic N) is 2. The number of ether oxygens (including phenoxy) is 1. The maximum Gasteiger partial charge on any atom is 0.220 e. The summed E-state index contributed by atoms with van der Waals surface area (Å²) >= 11 is 0. The number of hydrogen-bond acceptors (Lipinski definition) is 1. The van der Waals surface area contributed by atoms with E-state index in [0.29, 0.717) is 20.8 Å². The van der Waals surface area contributed by atoms with E-state index in [4.69, 9.17) is 4.74 Å². The second-order valence-corrected chi connectivity index (χ2v) is 13.7. The molecule has 7 rings (SSSR count). The second kappa shape index (κ2) is 12.8. The number of aryl methyl sites for hydroxylation is 2. The van der Waals surface area contributed by atoms with Crippen LogP contribution in [0.1, 0.15) is 37.1 Å². The van der Waals surface area contributed by atoms with Crippen LogP contribution in [0.4, 0.5) is 0 Å². The molecule has 2 atom stereocenters. The van der Waals surface area contributed by atoms with E-state index in [0.717, 1.165) is 25.1 Å². The molecule has 222 valence electrons. The number of benzene rings is 4. The Bertz CT molecular complexity index is 2110. The first-order chi connectivity index (χ1) is 22.1. The Morgan fingerprint density at radius 1 is 0.756 bits per heavy atom. The van der Waals surface area contributed by atoms with Crippen LogP contribution in [-0.4, -0.2) is 6.61 Å². The predicted molar refractivity (Wildman–Crippen MR) is 187 cm³/mol. The minimum absolute atomic E-state index is 0.452. The Morgan fingerprint density at radius 2 is 1.40 bits per heavy atom. The van der Waals surface area contributed by atoms with Gasteiger partial charge in [-0.15, -0.1) is 0 Å². The number of fused-ring (bicyclic) bond motifs is 6. The number of aromatic nitrogens is 2. The molecule has 0 saturated carbocycles. The monoisotopic (exact) mass is 606 g/mol. The molecule has 1 aliphatic heterocycles. The van der Waals surface area contributed by atoms with Crippen molar-refractivity contribution < 1.29 is 13.9 Å². The molecule has 45 heavy (non-hydrogen) atoms. The van der Waals surface area contributed by atoms with Gasteiger partial charge in [0, 0.05) is 37.6 Å². The van der Waals surface area contributed by atoms with E-state index in [2.05, 4.69) is 150 Å². The van der Waals surface area contributed by atoms with Crippen molar-refractivity contribution in [1.29, 1.82) is 0 Å². The van der Waals surface area contributed by atoms with Crippen LogP contribution in [0.15, 0.2) is 138 Å². The van der Waals surface area contributed by atoms with Crippen LogP contribution in [0.2, 0.25) is 0 Å². The first-order valence-corrected chi connectivity index (χ1v) is 16.9. The zero-order valence-corrected chi connectivity index (χ0v) is 27.3. The molecule has 0 radical (unpaired) electrons. The number of pyridine rings is 2. The summed E-state index contributed by atoms with van der Waals surface area (Å²) in [6.45, 7) is 5.88. The Labute approximate surface area is 267 Å². The SMILES string of the molecule is CC(=C=C(C)PC1CC[n+]2ccc3ccccc3c2-c2ccccc21)OCCc1ccccc1-c1c2ccccc2cc[n+]1C. The molecule has 0 saturated heterocycles. The molecule has 0 bridgehead atoms. The summed E-state index contributed by atoms with van der Waals surface area (Å²) in [4.78, 5) is 0. The van der Waals surface area contributed by atoms with Crippen LogP contribution >= 0.6 is 8.58 Å². The van der Waals surface area contributed by atoms with Crippen LogP contribution in [0.5, 0.6) is 0 Å². The molecule has 3 nitrogen and oxygen atoms in total. The Hall–Kier alpha value is -4.55. The lowest BCUT2D eigenvalue weighted by atomic mass is 9.97.